The van der Waals surface area contributed by atoms with Gasteiger partial charge in [-0.15, -0.1) is 10.2 Å². The molecule has 7 nitrogen and oxygen atoms in total. The molecule has 13 heavy (non-hydrogen) atoms. The van der Waals surface area contributed by atoms with E-state index in [2.05, 4.69) is 19.8 Å². The molecule has 0 N–H and O–H groups in total. The summed E-state index contributed by atoms with van der Waals surface area (Å²) >= 11 is 0. The van der Waals surface area contributed by atoms with E-state index in [1.165, 1.54) is 11.1 Å². The highest BCUT2D eigenvalue weighted by atomic mass is 16.6. The quantitative estimate of drug-likeness (QED) is 0.626. The standard InChI is InChI=1S/C6H6N4O3/c1-4-5(13-6(11)12-4)2-10-8-3-7-9-10/h3H,2H2,1H3. The monoisotopic (exact) mass is 182 g/mol. The third-order valence-corrected chi connectivity index (χ3v) is 1.51. The average Bonchev–Trinajstić information content (AvgIpc) is 2.63. The van der Waals surface area contributed by atoms with Gasteiger partial charge in [0.05, 0.1) is 0 Å². The Bertz CT molecular complexity index is 441. The molecule has 2 aromatic rings. The van der Waals surface area contributed by atoms with Crippen molar-refractivity contribution in [2.24, 2.45) is 0 Å². The largest absolute Gasteiger partial charge is 0.519 e. The van der Waals surface area contributed by atoms with Gasteiger partial charge in [0, 0.05) is 0 Å². The number of hydrogen-bond donors (Lipinski definition) is 0. The maximum Gasteiger partial charge on any atom is 0.519 e. The van der Waals surface area contributed by atoms with Crippen LogP contribution in [0.15, 0.2) is 20.0 Å². The molecule has 0 radical (unpaired) electrons. The summed E-state index contributed by atoms with van der Waals surface area (Å²) in [4.78, 5) is 11.9. The van der Waals surface area contributed by atoms with Crippen LogP contribution in [0.1, 0.15) is 11.5 Å². The van der Waals surface area contributed by atoms with Crippen LogP contribution in [0.25, 0.3) is 0 Å². The van der Waals surface area contributed by atoms with Gasteiger partial charge in [-0.2, -0.15) is 4.80 Å². The second kappa shape index (κ2) is 2.85. The molecular weight excluding hydrogens is 176 g/mol. The molecule has 68 valence electrons. The van der Waals surface area contributed by atoms with Gasteiger partial charge < -0.3 is 8.83 Å². The predicted octanol–water partition coefficient (Wildman–Crippen LogP) is -0.424. The minimum atomic E-state index is -0.715. The Kier molecular flexibility index (Phi) is 1.69. The van der Waals surface area contributed by atoms with E-state index in [-0.39, 0.29) is 6.54 Å². The van der Waals surface area contributed by atoms with Gasteiger partial charge in [0.15, 0.2) is 12.1 Å². The fourth-order valence-corrected chi connectivity index (χ4v) is 0.908. The van der Waals surface area contributed by atoms with E-state index in [9.17, 15) is 4.79 Å². The summed E-state index contributed by atoms with van der Waals surface area (Å²) in [7, 11) is 0. The lowest BCUT2D eigenvalue weighted by atomic mass is 10.4. The van der Waals surface area contributed by atoms with Crippen LogP contribution in [0.2, 0.25) is 0 Å². The highest BCUT2D eigenvalue weighted by molar-refractivity contribution is 4.99. The van der Waals surface area contributed by atoms with Gasteiger partial charge >= 0.3 is 5.82 Å². The zero-order valence-corrected chi connectivity index (χ0v) is 6.80. The smallest absolute Gasteiger partial charge is 0.396 e. The molecule has 2 rings (SSSR count). The first-order chi connectivity index (χ1) is 6.25. The SMILES string of the molecule is Cc1oc(=O)oc1Cn1ncnn1. The van der Waals surface area contributed by atoms with Crippen LogP contribution < -0.4 is 5.82 Å². The molecule has 0 fully saturated rings. The molecule has 0 saturated carbocycles. The minimum Gasteiger partial charge on any atom is -0.396 e. The Morgan fingerprint density at radius 1 is 1.54 bits per heavy atom. The highest BCUT2D eigenvalue weighted by Gasteiger charge is 2.09. The van der Waals surface area contributed by atoms with Crippen molar-refractivity contribution in [1.82, 2.24) is 20.2 Å². The summed E-state index contributed by atoms with van der Waals surface area (Å²) in [5.74, 6) is 0.123. The topological polar surface area (TPSA) is 87.0 Å². The van der Waals surface area contributed by atoms with Crippen molar-refractivity contribution in [2.75, 3.05) is 0 Å². The van der Waals surface area contributed by atoms with Crippen LogP contribution in [0.5, 0.6) is 0 Å². The van der Waals surface area contributed by atoms with E-state index in [1.54, 1.807) is 6.92 Å². The summed E-state index contributed by atoms with van der Waals surface area (Å²) in [6, 6.07) is 0. The third-order valence-electron chi connectivity index (χ3n) is 1.51. The lowest BCUT2D eigenvalue weighted by Crippen LogP contribution is -2.04. The number of tetrazole rings is 1. The highest BCUT2D eigenvalue weighted by Crippen LogP contribution is 2.04. The summed E-state index contributed by atoms with van der Waals surface area (Å²) in [6.45, 7) is 1.88. The molecule has 0 aromatic carbocycles. The molecule has 0 atom stereocenters. The molecule has 2 heterocycles. The maximum atomic E-state index is 10.6. The van der Waals surface area contributed by atoms with Gasteiger partial charge in [-0.1, -0.05) is 0 Å². The fraction of sp³-hybridized carbons (Fsp3) is 0.333. The van der Waals surface area contributed by atoms with E-state index in [0.717, 1.165) is 0 Å². The van der Waals surface area contributed by atoms with Crippen molar-refractivity contribution in [3.05, 3.63) is 28.5 Å². The van der Waals surface area contributed by atoms with Crippen LogP contribution in [-0.4, -0.2) is 20.2 Å². The van der Waals surface area contributed by atoms with E-state index < -0.39 is 5.82 Å². The molecule has 0 amide bonds. The first kappa shape index (κ1) is 7.71. The number of rotatable bonds is 2. The summed E-state index contributed by atoms with van der Waals surface area (Å²) in [5, 5.41) is 10.9. The van der Waals surface area contributed by atoms with E-state index >= 15 is 0 Å². The molecule has 0 aliphatic heterocycles. The molecule has 0 saturated heterocycles. The number of aryl methyl sites for hydroxylation is 1. The van der Waals surface area contributed by atoms with Crippen LogP contribution >= 0.6 is 0 Å². The minimum absolute atomic E-state index is 0.248. The molecule has 0 spiro atoms. The predicted molar refractivity (Wildman–Crippen MR) is 38.9 cm³/mol. The van der Waals surface area contributed by atoms with E-state index in [0.29, 0.717) is 11.5 Å². The van der Waals surface area contributed by atoms with E-state index in [1.807, 2.05) is 0 Å². The third kappa shape index (κ3) is 1.48. The van der Waals surface area contributed by atoms with Crippen LogP contribution in [-0.2, 0) is 6.54 Å². The second-order valence-electron chi connectivity index (χ2n) is 2.40. The van der Waals surface area contributed by atoms with Crippen molar-refractivity contribution in [2.45, 2.75) is 13.5 Å². The molecule has 2 aromatic heterocycles. The van der Waals surface area contributed by atoms with Crippen LogP contribution in [0.3, 0.4) is 0 Å². The van der Waals surface area contributed by atoms with Gasteiger partial charge in [-0.3, -0.25) is 0 Å². The number of nitrogens with zero attached hydrogens (tertiary/aromatic N) is 4. The Labute approximate surface area is 72.0 Å². The van der Waals surface area contributed by atoms with Crippen LogP contribution in [0, 0.1) is 6.92 Å². The van der Waals surface area contributed by atoms with Gasteiger partial charge in [0.1, 0.15) is 12.3 Å². The maximum absolute atomic E-state index is 10.6. The van der Waals surface area contributed by atoms with Crippen molar-refractivity contribution < 1.29 is 8.83 Å². The normalized spacial score (nSPS) is 10.5. The number of aromatic nitrogens is 4. The van der Waals surface area contributed by atoms with Gasteiger partial charge in [0.25, 0.3) is 0 Å². The second-order valence-corrected chi connectivity index (χ2v) is 2.40. The van der Waals surface area contributed by atoms with Crippen molar-refractivity contribution in [3.8, 4) is 0 Å². The molecule has 0 bridgehead atoms. The first-order valence-electron chi connectivity index (χ1n) is 3.56. The summed E-state index contributed by atoms with van der Waals surface area (Å²) in [6.07, 6.45) is 1.30. The Hall–Kier alpha value is -1.92. The molecule has 7 heteroatoms. The number of hydrogen-bond acceptors (Lipinski definition) is 6. The summed E-state index contributed by atoms with van der Waals surface area (Å²) < 4.78 is 9.39. The van der Waals surface area contributed by atoms with Crippen molar-refractivity contribution >= 4 is 0 Å². The Morgan fingerprint density at radius 3 is 2.92 bits per heavy atom. The van der Waals surface area contributed by atoms with Crippen LogP contribution in [0.4, 0.5) is 0 Å². The zero-order valence-electron chi connectivity index (χ0n) is 6.80. The lowest BCUT2D eigenvalue weighted by molar-refractivity contribution is 0.361. The molecule has 0 aliphatic rings. The Balaban J connectivity index is 2.28. The van der Waals surface area contributed by atoms with Crippen molar-refractivity contribution in [1.29, 1.82) is 0 Å². The molecule has 0 aliphatic carbocycles. The van der Waals surface area contributed by atoms with Gasteiger partial charge in [-0.05, 0) is 12.1 Å². The van der Waals surface area contributed by atoms with Gasteiger partial charge in [0.2, 0.25) is 0 Å². The van der Waals surface area contributed by atoms with E-state index in [4.69, 9.17) is 4.42 Å². The Morgan fingerprint density at radius 2 is 2.38 bits per heavy atom. The lowest BCUT2D eigenvalue weighted by Gasteiger charge is -1.92. The van der Waals surface area contributed by atoms with Crippen molar-refractivity contribution in [3.63, 3.8) is 0 Å². The van der Waals surface area contributed by atoms with Gasteiger partial charge in [-0.25, -0.2) is 4.79 Å². The molecular formula is C6H6N4O3. The first-order valence-corrected chi connectivity index (χ1v) is 3.56. The average molecular weight is 182 g/mol. The fourth-order valence-electron chi connectivity index (χ4n) is 0.908. The summed E-state index contributed by atoms with van der Waals surface area (Å²) in [5.41, 5.74) is 0. The zero-order chi connectivity index (χ0) is 9.26. The molecule has 0 unspecified atom stereocenters.